The molecule has 1 aliphatic heterocycles. The quantitative estimate of drug-likeness (QED) is 0.874. The van der Waals surface area contributed by atoms with Gasteiger partial charge in [-0.1, -0.05) is 18.3 Å². The number of anilines is 1. The first-order valence-corrected chi connectivity index (χ1v) is 7.40. The third-order valence-electron chi connectivity index (χ3n) is 3.24. The second kappa shape index (κ2) is 6.45. The lowest BCUT2D eigenvalue weighted by molar-refractivity contribution is 0.116. The van der Waals surface area contributed by atoms with Crippen LogP contribution in [0, 0.1) is 5.92 Å². The van der Waals surface area contributed by atoms with Crippen molar-refractivity contribution in [1.29, 1.82) is 0 Å². The van der Waals surface area contributed by atoms with Gasteiger partial charge in [-0.05, 0) is 5.92 Å². The molecule has 0 saturated carbocycles. The minimum atomic E-state index is 0.759. The van der Waals surface area contributed by atoms with E-state index in [1.807, 2.05) is 7.05 Å². The largest absolute Gasteiger partial charge is 0.377 e. The molecule has 1 aromatic rings. The Morgan fingerprint density at radius 3 is 2.50 bits per heavy atom. The second-order valence-electron chi connectivity index (χ2n) is 5.27. The highest BCUT2D eigenvalue weighted by Gasteiger charge is 2.19. The van der Waals surface area contributed by atoms with Crippen LogP contribution in [-0.4, -0.2) is 59.2 Å². The fourth-order valence-electron chi connectivity index (χ4n) is 2.36. The smallest absolute Gasteiger partial charge is 0.134 e. The summed E-state index contributed by atoms with van der Waals surface area (Å²) in [5.74, 6) is 0.759. The average Bonchev–Trinajstić information content (AvgIpc) is 2.78. The minimum absolute atomic E-state index is 0.759. The molecule has 0 atom stereocenters. The molecule has 18 heavy (non-hydrogen) atoms. The molecule has 5 nitrogen and oxygen atoms in total. The Kier molecular flexibility index (Phi) is 4.91. The van der Waals surface area contributed by atoms with Crippen molar-refractivity contribution in [1.82, 2.24) is 19.4 Å². The first-order chi connectivity index (χ1) is 8.69. The van der Waals surface area contributed by atoms with E-state index < -0.39 is 0 Å². The van der Waals surface area contributed by atoms with E-state index in [0.717, 1.165) is 36.2 Å². The Balaban J connectivity index is 1.80. The summed E-state index contributed by atoms with van der Waals surface area (Å²) in [6, 6.07) is 0. The van der Waals surface area contributed by atoms with Gasteiger partial charge in [-0.3, -0.25) is 4.90 Å². The van der Waals surface area contributed by atoms with E-state index in [1.54, 1.807) is 0 Å². The molecule has 6 heteroatoms. The van der Waals surface area contributed by atoms with Crippen LogP contribution in [0.3, 0.4) is 0 Å². The van der Waals surface area contributed by atoms with Crippen molar-refractivity contribution in [3.05, 3.63) is 5.69 Å². The molecule has 102 valence electrons. The summed E-state index contributed by atoms with van der Waals surface area (Å²) in [4.78, 5) is 5.02. The molecule has 2 heterocycles. The molecule has 0 bridgehead atoms. The van der Waals surface area contributed by atoms with Crippen molar-refractivity contribution in [2.24, 2.45) is 5.92 Å². The lowest BCUT2D eigenvalue weighted by Crippen LogP contribution is -2.46. The van der Waals surface area contributed by atoms with Crippen molar-refractivity contribution in [2.45, 2.75) is 20.4 Å². The van der Waals surface area contributed by atoms with Crippen LogP contribution in [0.5, 0.6) is 0 Å². The summed E-state index contributed by atoms with van der Waals surface area (Å²) in [6.45, 7) is 11.3. The van der Waals surface area contributed by atoms with E-state index in [-0.39, 0.29) is 0 Å². The minimum Gasteiger partial charge on any atom is -0.377 e. The van der Waals surface area contributed by atoms with E-state index in [0.29, 0.717) is 0 Å². The lowest BCUT2D eigenvalue weighted by atomic mass is 10.2. The van der Waals surface area contributed by atoms with Crippen molar-refractivity contribution in [3.8, 4) is 0 Å². The second-order valence-corrected chi connectivity index (χ2v) is 6.02. The topological polar surface area (TPSA) is 44.3 Å². The Morgan fingerprint density at radius 2 is 1.89 bits per heavy atom. The predicted octanol–water partition coefficient (Wildman–Crippen LogP) is 1.35. The Hall–Kier alpha value is -0.720. The van der Waals surface area contributed by atoms with E-state index in [1.165, 1.54) is 31.2 Å². The zero-order chi connectivity index (χ0) is 13.0. The first-order valence-electron chi connectivity index (χ1n) is 6.62. The fraction of sp³-hybridized carbons (Fsp3) is 0.833. The van der Waals surface area contributed by atoms with Gasteiger partial charge < -0.3 is 10.2 Å². The molecular formula is C12H23N5S. The van der Waals surface area contributed by atoms with Gasteiger partial charge in [-0.15, -0.1) is 5.10 Å². The zero-order valence-electron chi connectivity index (χ0n) is 11.5. The van der Waals surface area contributed by atoms with Crippen LogP contribution in [0.25, 0.3) is 0 Å². The van der Waals surface area contributed by atoms with E-state index in [4.69, 9.17) is 0 Å². The number of aromatic nitrogens is 2. The summed E-state index contributed by atoms with van der Waals surface area (Å²) in [6.07, 6.45) is 0. The fourth-order valence-corrected chi connectivity index (χ4v) is 2.88. The number of nitrogens with one attached hydrogen (secondary N) is 1. The molecule has 2 rings (SSSR count). The lowest BCUT2D eigenvalue weighted by Gasteiger charge is -2.35. The van der Waals surface area contributed by atoms with Gasteiger partial charge in [0.15, 0.2) is 0 Å². The number of nitrogens with zero attached hydrogens (tertiary/aromatic N) is 4. The maximum Gasteiger partial charge on any atom is 0.134 e. The molecule has 0 amide bonds. The third kappa shape index (κ3) is 3.63. The molecule has 0 spiro atoms. The molecule has 0 unspecified atom stereocenters. The van der Waals surface area contributed by atoms with Gasteiger partial charge in [0.05, 0.1) is 0 Å². The van der Waals surface area contributed by atoms with Crippen LogP contribution in [0.15, 0.2) is 0 Å². The SMILES string of the molecule is CNc1snnc1CN1CCN(CC(C)C)CC1. The highest BCUT2D eigenvalue weighted by molar-refractivity contribution is 7.10. The number of hydrogen-bond acceptors (Lipinski definition) is 6. The average molecular weight is 269 g/mol. The van der Waals surface area contributed by atoms with Crippen molar-refractivity contribution in [2.75, 3.05) is 45.1 Å². The van der Waals surface area contributed by atoms with Gasteiger partial charge in [0.1, 0.15) is 10.7 Å². The summed E-state index contributed by atoms with van der Waals surface area (Å²) < 4.78 is 4.00. The van der Waals surface area contributed by atoms with Crippen LogP contribution in [-0.2, 0) is 6.54 Å². The highest BCUT2D eigenvalue weighted by atomic mass is 32.1. The Bertz CT molecular complexity index is 357. The van der Waals surface area contributed by atoms with Crippen LogP contribution >= 0.6 is 11.5 Å². The number of hydrogen-bond donors (Lipinski definition) is 1. The van der Waals surface area contributed by atoms with Crippen LogP contribution in [0.4, 0.5) is 5.00 Å². The van der Waals surface area contributed by atoms with E-state index in [9.17, 15) is 0 Å². The van der Waals surface area contributed by atoms with Gasteiger partial charge in [0, 0.05) is 57.8 Å². The molecule has 1 aromatic heterocycles. The number of rotatable bonds is 5. The summed E-state index contributed by atoms with van der Waals surface area (Å²) >= 11 is 1.44. The molecule has 0 aromatic carbocycles. The van der Waals surface area contributed by atoms with Gasteiger partial charge in [-0.25, -0.2) is 0 Å². The maximum absolute atomic E-state index is 4.20. The van der Waals surface area contributed by atoms with Crippen LogP contribution < -0.4 is 5.32 Å². The Labute approximate surface area is 113 Å². The molecule has 1 N–H and O–H groups in total. The standard InChI is InChI=1S/C12H23N5S/c1-10(2)8-16-4-6-17(7-5-16)9-11-12(13-3)18-15-14-11/h10,13H,4-9H2,1-3H3. The van der Waals surface area contributed by atoms with Gasteiger partial charge >= 0.3 is 0 Å². The monoisotopic (exact) mass is 269 g/mol. The van der Waals surface area contributed by atoms with Gasteiger partial charge in [0.25, 0.3) is 0 Å². The van der Waals surface area contributed by atoms with Crippen molar-refractivity contribution < 1.29 is 0 Å². The van der Waals surface area contributed by atoms with Gasteiger partial charge in [0.2, 0.25) is 0 Å². The molecule has 0 aliphatic carbocycles. The first kappa shape index (κ1) is 13.7. The number of piperazine rings is 1. The normalized spacial score (nSPS) is 18.4. The van der Waals surface area contributed by atoms with Crippen LogP contribution in [0.2, 0.25) is 0 Å². The third-order valence-corrected chi connectivity index (χ3v) is 4.03. The summed E-state index contributed by atoms with van der Waals surface area (Å²) in [5.41, 5.74) is 1.08. The molecule has 1 fully saturated rings. The summed E-state index contributed by atoms with van der Waals surface area (Å²) in [5, 5.41) is 8.45. The van der Waals surface area contributed by atoms with E-state index >= 15 is 0 Å². The highest BCUT2D eigenvalue weighted by Crippen LogP contribution is 2.19. The zero-order valence-corrected chi connectivity index (χ0v) is 12.3. The van der Waals surface area contributed by atoms with Gasteiger partial charge in [-0.2, -0.15) is 0 Å². The van der Waals surface area contributed by atoms with Crippen molar-refractivity contribution in [3.63, 3.8) is 0 Å². The van der Waals surface area contributed by atoms with Crippen LogP contribution in [0.1, 0.15) is 19.5 Å². The molecule has 1 saturated heterocycles. The molecular weight excluding hydrogens is 246 g/mol. The molecule has 1 aliphatic rings. The predicted molar refractivity (Wildman–Crippen MR) is 76.0 cm³/mol. The van der Waals surface area contributed by atoms with Crippen molar-refractivity contribution >= 4 is 16.5 Å². The maximum atomic E-state index is 4.20. The Morgan fingerprint density at radius 1 is 1.22 bits per heavy atom. The molecule has 0 radical (unpaired) electrons. The van der Waals surface area contributed by atoms with E-state index in [2.05, 4.69) is 38.6 Å². The summed E-state index contributed by atoms with van der Waals surface area (Å²) in [7, 11) is 1.93.